The summed E-state index contributed by atoms with van der Waals surface area (Å²) in [4.78, 5) is 8.59. The third-order valence-corrected chi connectivity index (χ3v) is 3.96. The fraction of sp³-hybridized carbons (Fsp3) is 0.667. The number of nitrogen functional groups attached to an aromatic ring is 1. The Morgan fingerprint density at radius 2 is 2.44 bits per heavy atom. The van der Waals surface area contributed by atoms with Gasteiger partial charge in [-0.05, 0) is 25.5 Å². The van der Waals surface area contributed by atoms with Crippen LogP contribution in [0.3, 0.4) is 0 Å². The van der Waals surface area contributed by atoms with E-state index >= 15 is 0 Å². The first-order chi connectivity index (χ1) is 8.78. The number of nitrogens with zero attached hydrogens (tertiary/aromatic N) is 2. The number of anilines is 2. The summed E-state index contributed by atoms with van der Waals surface area (Å²) >= 11 is 1.98. The maximum Gasteiger partial charge on any atom is 0.158 e. The maximum atomic E-state index is 5.78. The highest BCUT2D eigenvalue weighted by Crippen LogP contribution is 2.20. The summed E-state index contributed by atoms with van der Waals surface area (Å²) in [5, 5.41) is 3.43. The van der Waals surface area contributed by atoms with Gasteiger partial charge in [-0.25, -0.2) is 9.97 Å². The molecule has 1 fully saturated rings. The normalized spacial score (nSPS) is 19.7. The molecule has 0 amide bonds. The van der Waals surface area contributed by atoms with E-state index in [0.717, 1.165) is 11.6 Å². The number of rotatable bonds is 5. The number of nitrogens with two attached hydrogens (primary N) is 1. The molecule has 0 radical (unpaired) electrons. The summed E-state index contributed by atoms with van der Waals surface area (Å²) in [5.74, 6) is 4.34. The molecule has 18 heavy (non-hydrogen) atoms. The van der Waals surface area contributed by atoms with Gasteiger partial charge in [-0.1, -0.05) is 0 Å². The molecular weight excluding hydrogens is 248 g/mol. The van der Waals surface area contributed by atoms with Gasteiger partial charge in [0.1, 0.15) is 18.2 Å². The summed E-state index contributed by atoms with van der Waals surface area (Å²) in [6.45, 7) is 3.01. The first-order valence-electron chi connectivity index (χ1n) is 6.33. The predicted octanol–water partition coefficient (Wildman–Crippen LogP) is 1.90. The third kappa shape index (κ3) is 4.03. The lowest BCUT2D eigenvalue weighted by molar-refractivity contribution is 0.128. The molecule has 1 atom stereocenters. The lowest BCUT2D eigenvalue weighted by atomic mass is 10.2. The van der Waals surface area contributed by atoms with Crippen molar-refractivity contribution in [2.75, 3.05) is 29.2 Å². The number of nitrogens with one attached hydrogen (secondary N) is 1. The van der Waals surface area contributed by atoms with Crippen molar-refractivity contribution >= 4 is 23.4 Å². The van der Waals surface area contributed by atoms with Gasteiger partial charge in [-0.15, -0.1) is 0 Å². The van der Waals surface area contributed by atoms with Gasteiger partial charge >= 0.3 is 0 Å². The van der Waals surface area contributed by atoms with Crippen LogP contribution < -0.4 is 11.1 Å². The van der Waals surface area contributed by atoms with E-state index in [4.69, 9.17) is 10.5 Å². The Hall–Kier alpha value is -1.01. The highest BCUT2D eigenvalue weighted by atomic mass is 32.2. The number of ether oxygens (including phenoxy) is 1. The molecule has 6 heteroatoms. The van der Waals surface area contributed by atoms with Crippen LogP contribution >= 0.6 is 11.8 Å². The van der Waals surface area contributed by atoms with Crippen LogP contribution in [0.2, 0.25) is 0 Å². The monoisotopic (exact) mass is 268 g/mol. The van der Waals surface area contributed by atoms with Crippen LogP contribution in [0.15, 0.2) is 6.07 Å². The summed E-state index contributed by atoms with van der Waals surface area (Å²) < 4.78 is 5.31. The fourth-order valence-corrected chi connectivity index (χ4v) is 2.99. The summed E-state index contributed by atoms with van der Waals surface area (Å²) in [5.41, 5.74) is 5.78. The quantitative estimate of drug-likeness (QED) is 0.849. The molecule has 1 aromatic rings. The smallest absolute Gasteiger partial charge is 0.158 e. The second-order valence-corrected chi connectivity index (χ2v) is 5.44. The Bertz CT molecular complexity index is 382. The van der Waals surface area contributed by atoms with Gasteiger partial charge in [0, 0.05) is 24.5 Å². The molecular formula is C12H20N4OS. The van der Waals surface area contributed by atoms with Crippen LogP contribution in [-0.2, 0) is 11.3 Å². The largest absolute Gasteiger partial charge is 0.384 e. The molecule has 100 valence electrons. The topological polar surface area (TPSA) is 73.1 Å². The Morgan fingerprint density at radius 3 is 3.17 bits per heavy atom. The second-order valence-electron chi connectivity index (χ2n) is 4.29. The summed E-state index contributed by atoms with van der Waals surface area (Å²) in [7, 11) is 0. The molecule has 1 aromatic heterocycles. The van der Waals surface area contributed by atoms with Gasteiger partial charge in [0.05, 0.1) is 0 Å². The molecule has 1 saturated heterocycles. The zero-order chi connectivity index (χ0) is 12.8. The van der Waals surface area contributed by atoms with Crippen molar-refractivity contribution in [3.8, 4) is 0 Å². The standard InChI is InChI=1S/C12H20N4OS/c1-2-17-7-12-15-10(13)6-11(16-12)14-9-4-3-5-18-8-9/h6,9H,2-5,7-8H2,1H3,(H3,13,14,15,16). The van der Waals surface area contributed by atoms with Crippen molar-refractivity contribution in [1.29, 1.82) is 0 Å². The maximum absolute atomic E-state index is 5.78. The molecule has 2 rings (SSSR count). The molecule has 0 bridgehead atoms. The summed E-state index contributed by atoms with van der Waals surface area (Å²) in [6, 6.07) is 2.27. The third-order valence-electron chi connectivity index (χ3n) is 2.74. The molecule has 5 nitrogen and oxygen atoms in total. The molecule has 0 saturated carbocycles. The fourth-order valence-electron chi connectivity index (χ4n) is 1.91. The van der Waals surface area contributed by atoms with Crippen molar-refractivity contribution in [1.82, 2.24) is 9.97 Å². The van der Waals surface area contributed by atoms with Crippen molar-refractivity contribution in [2.24, 2.45) is 0 Å². The van der Waals surface area contributed by atoms with E-state index in [-0.39, 0.29) is 0 Å². The SMILES string of the molecule is CCOCc1nc(N)cc(NC2CCCSC2)n1. The van der Waals surface area contributed by atoms with Crippen LogP contribution in [0.4, 0.5) is 11.6 Å². The van der Waals surface area contributed by atoms with Crippen molar-refractivity contribution in [2.45, 2.75) is 32.4 Å². The predicted molar refractivity (Wildman–Crippen MR) is 75.7 cm³/mol. The Balaban J connectivity index is 1.99. The number of thioether (sulfide) groups is 1. The Kier molecular flexibility index (Phi) is 5.07. The molecule has 0 aromatic carbocycles. The van der Waals surface area contributed by atoms with Crippen LogP contribution in [0.1, 0.15) is 25.6 Å². The molecule has 1 aliphatic heterocycles. The van der Waals surface area contributed by atoms with E-state index in [0.29, 0.717) is 30.9 Å². The molecule has 0 aliphatic carbocycles. The Morgan fingerprint density at radius 1 is 1.56 bits per heavy atom. The van der Waals surface area contributed by atoms with E-state index < -0.39 is 0 Å². The molecule has 1 unspecified atom stereocenters. The Labute approximate surface area is 112 Å². The minimum absolute atomic E-state index is 0.412. The van der Waals surface area contributed by atoms with E-state index in [1.807, 2.05) is 18.7 Å². The minimum Gasteiger partial charge on any atom is -0.384 e. The van der Waals surface area contributed by atoms with Crippen molar-refractivity contribution in [3.05, 3.63) is 11.9 Å². The lowest BCUT2D eigenvalue weighted by Crippen LogP contribution is -2.26. The van der Waals surface area contributed by atoms with Gasteiger partial charge in [0.25, 0.3) is 0 Å². The average Bonchev–Trinajstić information content (AvgIpc) is 2.37. The van der Waals surface area contributed by atoms with E-state index in [9.17, 15) is 0 Å². The van der Waals surface area contributed by atoms with Gasteiger partial charge < -0.3 is 15.8 Å². The van der Waals surface area contributed by atoms with Gasteiger partial charge in [-0.3, -0.25) is 0 Å². The van der Waals surface area contributed by atoms with Crippen LogP contribution in [0, 0.1) is 0 Å². The van der Waals surface area contributed by atoms with Crippen LogP contribution in [-0.4, -0.2) is 34.1 Å². The zero-order valence-corrected chi connectivity index (χ0v) is 11.5. The second kappa shape index (κ2) is 6.80. The number of hydrogen-bond donors (Lipinski definition) is 2. The summed E-state index contributed by atoms with van der Waals surface area (Å²) in [6.07, 6.45) is 2.45. The van der Waals surface area contributed by atoms with Gasteiger partial charge in [0.15, 0.2) is 5.82 Å². The van der Waals surface area contributed by atoms with Gasteiger partial charge in [0.2, 0.25) is 0 Å². The van der Waals surface area contributed by atoms with E-state index in [1.165, 1.54) is 18.6 Å². The number of hydrogen-bond acceptors (Lipinski definition) is 6. The number of aromatic nitrogens is 2. The molecule has 0 spiro atoms. The van der Waals surface area contributed by atoms with Crippen LogP contribution in [0.25, 0.3) is 0 Å². The van der Waals surface area contributed by atoms with Crippen molar-refractivity contribution in [3.63, 3.8) is 0 Å². The van der Waals surface area contributed by atoms with Crippen molar-refractivity contribution < 1.29 is 4.74 Å². The van der Waals surface area contributed by atoms with Gasteiger partial charge in [-0.2, -0.15) is 11.8 Å². The highest BCUT2D eigenvalue weighted by molar-refractivity contribution is 7.99. The first-order valence-corrected chi connectivity index (χ1v) is 7.49. The molecule has 2 heterocycles. The molecule has 1 aliphatic rings. The van der Waals surface area contributed by atoms with Crippen LogP contribution in [0.5, 0.6) is 0 Å². The highest BCUT2D eigenvalue weighted by Gasteiger charge is 2.14. The lowest BCUT2D eigenvalue weighted by Gasteiger charge is -2.23. The average molecular weight is 268 g/mol. The van der Waals surface area contributed by atoms with E-state index in [2.05, 4.69) is 15.3 Å². The zero-order valence-electron chi connectivity index (χ0n) is 10.7. The molecule has 3 N–H and O–H groups in total. The first kappa shape index (κ1) is 13.4. The minimum atomic E-state index is 0.412. The van der Waals surface area contributed by atoms with E-state index in [1.54, 1.807) is 6.07 Å².